The Hall–Kier alpha value is -2.94. The highest BCUT2D eigenvalue weighted by Gasteiger charge is 2.37. The molecule has 9 nitrogen and oxygen atoms in total. The van der Waals surface area contributed by atoms with Gasteiger partial charge in [-0.1, -0.05) is 0 Å². The predicted molar refractivity (Wildman–Crippen MR) is 127 cm³/mol. The van der Waals surface area contributed by atoms with Crippen molar-refractivity contribution in [3.8, 4) is 0 Å². The molecule has 0 unspecified atom stereocenters. The fourth-order valence-electron chi connectivity index (χ4n) is 5.31. The monoisotopic (exact) mass is 433 g/mol. The Morgan fingerprint density at radius 3 is 2.50 bits per heavy atom. The summed E-state index contributed by atoms with van der Waals surface area (Å²) in [7, 11) is 0. The van der Waals surface area contributed by atoms with Gasteiger partial charge in [-0.3, -0.25) is 4.68 Å². The van der Waals surface area contributed by atoms with E-state index in [4.69, 9.17) is 9.97 Å². The number of hydrogen-bond acceptors (Lipinski definition) is 8. The molecule has 0 radical (unpaired) electrons. The molecule has 3 saturated heterocycles. The third kappa shape index (κ3) is 3.54. The molecule has 32 heavy (non-hydrogen) atoms. The van der Waals surface area contributed by atoms with Gasteiger partial charge in [-0.05, 0) is 38.5 Å². The van der Waals surface area contributed by atoms with Crippen LogP contribution >= 0.6 is 0 Å². The largest absolute Gasteiger partial charge is 0.356 e. The van der Waals surface area contributed by atoms with Crippen molar-refractivity contribution in [3.63, 3.8) is 0 Å². The number of nitrogens with one attached hydrogen (secondary N) is 2. The zero-order valence-electron chi connectivity index (χ0n) is 18.8. The summed E-state index contributed by atoms with van der Waals surface area (Å²) in [4.78, 5) is 19.3. The van der Waals surface area contributed by atoms with Gasteiger partial charge in [0.15, 0.2) is 0 Å². The smallest absolute Gasteiger partial charge is 0.229 e. The predicted octanol–water partition coefficient (Wildman–Crippen LogP) is 2.80. The summed E-state index contributed by atoms with van der Waals surface area (Å²) in [6.45, 7) is 10.7. The first-order chi connectivity index (χ1) is 15.6. The molecular formula is C23H31N9. The van der Waals surface area contributed by atoms with Gasteiger partial charge in [-0.15, -0.1) is 0 Å². The fourth-order valence-corrected chi connectivity index (χ4v) is 5.31. The van der Waals surface area contributed by atoms with Crippen LogP contribution in [0, 0.1) is 11.8 Å². The van der Waals surface area contributed by atoms with Crippen LogP contribution in [0.15, 0.2) is 24.5 Å². The molecule has 0 aliphatic carbocycles. The van der Waals surface area contributed by atoms with E-state index in [1.54, 1.807) is 0 Å². The third-order valence-electron chi connectivity index (χ3n) is 7.03. The van der Waals surface area contributed by atoms with E-state index >= 15 is 0 Å². The topological polar surface area (TPSA) is 87.0 Å². The molecule has 0 aromatic carbocycles. The second-order valence-corrected chi connectivity index (χ2v) is 9.63. The van der Waals surface area contributed by atoms with Gasteiger partial charge in [-0.2, -0.15) is 15.1 Å². The molecule has 3 aliphatic heterocycles. The van der Waals surface area contributed by atoms with Crippen molar-refractivity contribution in [3.05, 3.63) is 24.5 Å². The normalized spacial score (nSPS) is 23.0. The maximum atomic E-state index is 4.99. The molecule has 2 N–H and O–H groups in total. The van der Waals surface area contributed by atoms with Crippen molar-refractivity contribution in [1.82, 2.24) is 30.0 Å². The Labute approximate surface area is 188 Å². The van der Waals surface area contributed by atoms with E-state index in [0.717, 1.165) is 73.6 Å². The van der Waals surface area contributed by atoms with E-state index in [2.05, 4.69) is 56.5 Å². The second kappa shape index (κ2) is 7.88. The molecule has 3 aliphatic rings. The number of aromatic nitrogens is 5. The Kier molecular flexibility index (Phi) is 4.86. The maximum absolute atomic E-state index is 4.99. The number of nitrogens with zero attached hydrogens (tertiary/aromatic N) is 7. The number of anilines is 4. The average molecular weight is 434 g/mol. The van der Waals surface area contributed by atoms with Crippen LogP contribution in [0.2, 0.25) is 0 Å². The standard InChI is InChI=1S/C23H31N9/c1-15(2)32-19-7-20(25-11-16(19)12-26-32)27-21-8-22(30-5-3-4-6-30)29-23(28-21)31-13-17-9-24-10-18(17)14-31/h7-8,11-12,15,17-18,24H,3-6,9-10,13-14H2,1-2H3,(H,25,27,28,29)/t17-,18+. The van der Waals surface area contributed by atoms with Gasteiger partial charge in [0, 0.05) is 69.0 Å². The number of hydrogen-bond donors (Lipinski definition) is 2. The van der Waals surface area contributed by atoms with E-state index in [-0.39, 0.29) is 0 Å². The zero-order valence-corrected chi connectivity index (χ0v) is 18.8. The second-order valence-electron chi connectivity index (χ2n) is 9.63. The first-order valence-electron chi connectivity index (χ1n) is 11.8. The van der Waals surface area contributed by atoms with Crippen LogP contribution in [-0.2, 0) is 0 Å². The lowest BCUT2D eigenvalue weighted by molar-refractivity contribution is 0.533. The molecule has 2 atom stereocenters. The molecular weight excluding hydrogens is 402 g/mol. The first kappa shape index (κ1) is 19.7. The molecule has 3 fully saturated rings. The lowest BCUT2D eigenvalue weighted by Gasteiger charge is -2.22. The molecule has 6 rings (SSSR count). The molecule has 3 aromatic rings. The van der Waals surface area contributed by atoms with Crippen molar-refractivity contribution >= 4 is 34.3 Å². The number of pyridine rings is 1. The van der Waals surface area contributed by atoms with E-state index in [1.165, 1.54) is 12.8 Å². The summed E-state index contributed by atoms with van der Waals surface area (Å²) >= 11 is 0. The molecule has 0 bridgehead atoms. The summed E-state index contributed by atoms with van der Waals surface area (Å²) < 4.78 is 2.03. The van der Waals surface area contributed by atoms with Gasteiger partial charge in [0.2, 0.25) is 5.95 Å². The molecule has 0 amide bonds. The Balaban J connectivity index is 1.33. The van der Waals surface area contributed by atoms with Crippen LogP contribution in [0.4, 0.5) is 23.4 Å². The van der Waals surface area contributed by atoms with Crippen molar-refractivity contribution in [2.75, 3.05) is 54.4 Å². The van der Waals surface area contributed by atoms with Gasteiger partial charge in [0.05, 0.1) is 11.7 Å². The SMILES string of the molecule is CC(C)n1ncc2cnc(Nc3cc(N4CCCC4)nc(N4C[C@H]5CNC[C@H]5C4)n3)cc21. The van der Waals surface area contributed by atoms with Crippen molar-refractivity contribution in [2.45, 2.75) is 32.7 Å². The van der Waals surface area contributed by atoms with Gasteiger partial charge < -0.3 is 20.4 Å². The third-order valence-corrected chi connectivity index (χ3v) is 7.03. The lowest BCUT2D eigenvalue weighted by atomic mass is 10.0. The minimum Gasteiger partial charge on any atom is -0.356 e. The first-order valence-corrected chi connectivity index (χ1v) is 11.8. The van der Waals surface area contributed by atoms with Crippen molar-refractivity contribution in [2.24, 2.45) is 11.8 Å². The lowest BCUT2D eigenvalue weighted by Crippen LogP contribution is -2.28. The van der Waals surface area contributed by atoms with E-state index in [9.17, 15) is 0 Å². The zero-order chi connectivity index (χ0) is 21.7. The molecule has 9 heteroatoms. The van der Waals surface area contributed by atoms with Crippen LogP contribution in [0.3, 0.4) is 0 Å². The van der Waals surface area contributed by atoms with Gasteiger partial charge in [0.25, 0.3) is 0 Å². The summed E-state index contributed by atoms with van der Waals surface area (Å²) in [5.74, 6) is 4.82. The minimum atomic E-state index is 0.291. The molecule has 6 heterocycles. The molecule has 0 spiro atoms. The van der Waals surface area contributed by atoms with E-state index < -0.39 is 0 Å². The molecule has 0 saturated carbocycles. The minimum absolute atomic E-state index is 0.291. The van der Waals surface area contributed by atoms with Gasteiger partial charge in [-0.25, -0.2) is 4.98 Å². The number of fused-ring (bicyclic) bond motifs is 2. The van der Waals surface area contributed by atoms with Gasteiger partial charge >= 0.3 is 0 Å². The van der Waals surface area contributed by atoms with Crippen LogP contribution < -0.4 is 20.4 Å². The van der Waals surface area contributed by atoms with Crippen molar-refractivity contribution in [1.29, 1.82) is 0 Å². The highest BCUT2D eigenvalue weighted by Crippen LogP contribution is 2.32. The quantitative estimate of drug-likeness (QED) is 0.635. The maximum Gasteiger partial charge on any atom is 0.229 e. The van der Waals surface area contributed by atoms with Gasteiger partial charge in [0.1, 0.15) is 17.5 Å². The highest BCUT2D eigenvalue weighted by atomic mass is 15.3. The Morgan fingerprint density at radius 2 is 1.75 bits per heavy atom. The number of rotatable bonds is 5. The molecule has 168 valence electrons. The van der Waals surface area contributed by atoms with Crippen LogP contribution in [0.25, 0.3) is 10.9 Å². The van der Waals surface area contributed by atoms with Crippen LogP contribution in [0.1, 0.15) is 32.7 Å². The average Bonchev–Trinajstić information content (AvgIpc) is 3.56. The fraction of sp³-hybridized carbons (Fsp3) is 0.565. The van der Waals surface area contributed by atoms with Crippen LogP contribution in [0.5, 0.6) is 0 Å². The summed E-state index contributed by atoms with van der Waals surface area (Å²) in [5.41, 5.74) is 1.08. The Morgan fingerprint density at radius 1 is 0.969 bits per heavy atom. The summed E-state index contributed by atoms with van der Waals surface area (Å²) in [6, 6.07) is 4.42. The van der Waals surface area contributed by atoms with E-state index in [1.807, 2.05) is 17.1 Å². The Bertz CT molecular complexity index is 1110. The highest BCUT2D eigenvalue weighted by molar-refractivity contribution is 5.81. The molecule has 3 aromatic heterocycles. The van der Waals surface area contributed by atoms with Crippen molar-refractivity contribution < 1.29 is 0 Å². The summed E-state index contributed by atoms with van der Waals surface area (Å²) in [6.07, 6.45) is 6.19. The summed E-state index contributed by atoms with van der Waals surface area (Å²) in [5, 5.41) is 12.5. The van der Waals surface area contributed by atoms with Crippen LogP contribution in [-0.4, -0.2) is 64.0 Å². The van der Waals surface area contributed by atoms with E-state index in [0.29, 0.717) is 17.9 Å².